The van der Waals surface area contributed by atoms with Crippen molar-refractivity contribution in [2.45, 2.75) is 26.2 Å². The van der Waals surface area contributed by atoms with Crippen LogP contribution >= 0.6 is 11.3 Å². The number of aromatic nitrogens is 2. The second kappa shape index (κ2) is 7.60. The molecule has 2 heterocycles. The van der Waals surface area contributed by atoms with Gasteiger partial charge in [-0.3, -0.25) is 4.79 Å². The van der Waals surface area contributed by atoms with Crippen molar-refractivity contribution in [3.8, 4) is 5.69 Å². The van der Waals surface area contributed by atoms with Crippen LogP contribution in [0.5, 0.6) is 0 Å². The van der Waals surface area contributed by atoms with Gasteiger partial charge in [-0.1, -0.05) is 18.2 Å². The average molecular weight is 369 g/mol. The van der Waals surface area contributed by atoms with E-state index >= 15 is 0 Å². The van der Waals surface area contributed by atoms with Crippen molar-refractivity contribution in [1.29, 1.82) is 0 Å². The summed E-state index contributed by atoms with van der Waals surface area (Å²) in [5.74, 6) is 0.767. The van der Waals surface area contributed by atoms with Crippen LogP contribution in [0, 0.1) is 12.8 Å². The maximum atomic E-state index is 12.5. The minimum Gasteiger partial charge on any atom is -0.381 e. The van der Waals surface area contributed by atoms with Gasteiger partial charge in [0.25, 0.3) is 5.91 Å². The van der Waals surface area contributed by atoms with Crippen LogP contribution in [0.15, 0.2) is 36.4 Å². The van der Waals surface area contributed by atoms with Gasteiger partial charge in [-0.15, -0.1) is 11.3 Å². The van der Waals surface area contributed by atoms with E-state index in [1.54, 1.807) is 0 Å². The van der Waals surface area contributed by atoms with E-state index < -0.39 is 0 Å². The van der Waals surface area contributed by atoms with Gasteiger partial charge in [-0.25, -0.2) is 4.68 Å². The molecule has 0 unspecified atom stereocenters. The largest absolute Gasteiger partial charge is 0.381 e. The SMILES string of the molecule is Cc1nn(-c2ccccc2)c2sc(C(=O)NCCCOCC3CC3)cc12. The lowest BCUT2D eigenvalue weighted by atomic mass is 10.3. The van der Waals surface area contributed by atoms with E-state index in [0.29, 0.717) is 13.2 Å². The molecule has 0 bridgehead atoms. The summed E-state index contributed by atoms with van der Waals surface area (Å²) in [7, 11) is 0. The molecule has 0 radical (unpaired) electrons. The minimum absolute atomic E-state index is 0.0209. The molecule has 1 N–H and O–H groups in total. The van der Waals surface area contributed by atoms with Gasteiger partial charge in [-0.2, -0.15) is 5.10 Å². The molecule has 0 spiro atoms. The standard InChI is InChI=1S/C20H23N3O2S/c1-14-17-12-18(19(24)21-10-5-11-25-13-15-8-9-15)26-20(17)23(22-14)16-6-3-2-4-7-16/h2-4,6-7,12,15H,5,8-11,13H2,1H3,(H,21,24). The van der Waals surface area contributed by atoms with Crippen LogP contribution in [-0.4, -0.2) is 35.4 Å². The molecule has 1 aromatic carbocycles. The van der Waals surface area contributed by atoms with Gasteiger partial charge in [0.2, 0.25) is 0 Å². The van der Waals surface area contributed by atoms with E-state index in [1.807, 2.05) is 48.0 Å². The second-order valence-corrected chi connectivity index (χ2v) is 7.82. The maximum absolute atomic E-state index is 12.5. The van der Waals surface area contributed by atoms with Crippen LogP contribution in [0.4, 0.5) is 0 Å². The van der Waals surface area contributed by atoms with Gasteiger partial charge < -0.3 is 10.1 Å². The summed E-state index contributed by atoms with van der Waals surface area (Å²) in [4.78, 5) is 14.2. The predicted octanol–water partition coefficient (Wildman–Crippen LogP) is 3.94. The van der Waals surface area contributed by atoms with E-state index in [4.69, 9.17) is 4.74 Å². The molecule has 2 aromatic heterocycles. The Hall–Kier alpha value is -2.18. The number of thiophene rings is 1. The van der Waals surface area contributed by atoms with Crippen LogP contribution in [0.25, 0.3) is 15.9 Å². The highest BCUT2D eigenvalue weighted by Gasteiger charge is 2.21. The Morgan fingerprint density at radius 1 is 1.35 bits per heavy atom. The summed E-state index contributed by atoms with van der Waals surface area (Å²) >= 11 is 1.49. The normalized spacial score (nSPS) is 14.0. The molecule has 1 aliphatic carbocycles. The number of fused-ring (bicyclic) bond motifs is 1. The molecule has 6 heteroatoms. The lowest BCUT2D eigenvalue weighted by molar-refractivity contribution is 0.0941. The summed E-state index contributed by atoms with van der Waals surface area (Å²) in [6.45, 7) is 4.21. The first kappa shape index (κ1) is 17.2. The molecule has 5 nitrogen and oxygen atoms in total. The number of ether oxygens (including phenoxy) is 1. The minimum atomic E-state index is -0.0209. The molecule has 1 amide bonds. The molecule has 1 fully saturated rings. The Kier molecular flexibility index (Phi) is 5.04. The third-order valence-corrected chi connectivity index (χ3v) is 5.68. The molecule has 3 aromatic rings. The Bertz CT molecular complexity index is 897. The van der Waals surface area contributed by atoms with E-state index in [1.165, 1.54) is 24.2 Å². The van der Waals surface area contributed by atoms with Crippen molar-refractivity contribution in [2.75, 3.05) is 19.8 Å². The van der Waals surface area contributed by atoms with Gasteiger partial charge in [0.05, 0.1) is 16.3 Å². The van der Waals surface area contributed by atoms with E-state index in [0.717, 1.165) is 45.4 Å². The highest BCUT2D eigenvalue weighted by Crippen LogP contribution is 2.30. The second-order valence-electron chi connectivity index (χ2n) is 6.79. The summed E-state index contributed by atoms with van der Waals surface area (Å²) < 4.78 is 7.52. The Morgan fingerprint density at radius 2 is 2.15 bits per heavy atom. The maximum Gasteiger partial charge on any atom is 0.261 e. The Labute approximate surface area is 157 Å². The van der Waals surface area contributed by atoms with Crippen LogP contribution < -0.4 is 5.32 Å². The topological polar surface area (TPSA) is 56.2 Å². The molecular weight excluding hydrogens is 346 g/mol. The number of carbonyl (C=O) groups excluding carboxylic acids is 1. The summed E-state index contributed by atoms with van der Waals surface area (Å²) in [5.41, 5.74) is 1.94. The number of carbonyl (C=O) groups is 1. The van der Waals surface area contributed by atoms with Gasteiger partial charge in [0, 0.05) is 25.1 Å². The number of nitrogens with one attached hydrogen (secondary N) is 1. The zero-order chi connectivity index (χ0) is 17.9. The zero-order valence-electron chi connectivity index (χ0n) is 14.9. The van der Waals surface area contributed by atoms with Crippen LogP contribution in [0.1, 0.15) is 34.6 Å². The monoisotopic (exact) mass is 369 g/mol. The smallest absolute Gasteiger partial charge is 0.261 e. The number of amides is 1. The van der Waals surface area contributed by atoms with Crippen molar-refractivity contribution in [2.24, 2.45) is 5.92 Å². The average Bonchev–Trinajstić information content (AvgIpc) is 3.29. The van der Waals surface area contributed by atoms with Crippen molar-refractivity contribution < 1.29 is 9.53 Å². The van der Waals surface area contributed by atoms with E-state index in [-0.39, 0.29) is 5.91 Å². The first-order valence-electron chi connectivity index (χ1n) is 9.13. The first-order chi connectivity index (χ1) is 12.7. The van der Waals surface area contributed by atoms with Crippen molar-refractivity contribution in [1.82, 2.24) is 15.1 Å². The fourth-order valence-electron chi connectivity index (χ4n) is 2.90. The number of para-hydroxylation sites is 1. The number of benzene rings is 1. The first-order valence-corrected chi connectivity index (χ1v) is 9.94. The lowest BCUT2D eigenvalue weighted by Crippen LogP contribution is -2.24. The molecular formula is C20H23N3O2S. The van der Waals surface area contributed by atoms with Crippen molar-refractivity contribution in [3.05, 3.63) is 47.0 Å². The predicted molar refractivity (Wildman–Crippen MR) is 104 cm³/mol. The Morgan fingerprint density at radius 3 is 2.92 bits per heavy atom. The number of nitrogens with zero attached hydrogens (tertiary/aromatic N) is 2. The molecule has 1 aliphatic rings. The third-order valence-electron chi connectivity index (χ3n) is 4.57. The zero-order valence-corrected chi connectivity index (χ0v) is 15.7. The number of hydrogen-bond donors (Lipinski definition) is 1. The van der Waals surface area contributed by atoms with Crippen molar-refractivity contribution >= 4 is 27.5 Å². The number of aryl methyl sites for hydroxylation is 1. The summed E-state index contributed by atoms with van der Waals surface area (Å²) in [6, 6.07) is 12.0. The fourth-order valence-corrected chi connectivity index (χ4v) is 4.00. The summed E-state index contributed by atoms with van der Waals surface area (Å²) in [5, 5.41) is 8.65. The van der Waals surface area contributed by atoms with Crippen molar-refractivity contribution in [3.63, 3.8) is 0 Å². The summed E-state index contributed by atoms with van der Waals surface area (Å²) in [6.07, 6.45) is 3.46. The van der Waals surface area contributed by atoms with Gasteiger partial charge in [0.15, 0.2) is 0 Å². The lowest BCUT2D eigenvalue weighted by Gasteiger charge is -2.05. The number of hydrogen-bond acceptors (Lipinski definition) is 4. The third kappa shape index (κ3) is 3.81. The van der Waals surface area contributed by atoms with Crippen LogP contribution in [-0.2, 0) is 4.74 Å². The van der Waals surface area contributed by atoms with Crippen LogP contribution in [0.2, 0.25) is 0 Å². The highest BCUT2D eigenvalue weighted by molar-refractivity contribution is 7.20. The molecule has 4 rings (SSSR count). The van der Waals surface area contributed by atoms with E-state index in [2.05, 4.69) is 10.4 Å². The molecule has 0 saturated heterocycles. The molecule has 0 aliphatic heterocycles. The molecule has 0 atom stereocenters. The highest BCUT2D eigenvalue weighted by atomic mass is 32.1. The quantitative estimate of drug-likeness (QED) is 0.612. The molecule has 26 heavy (non-hydrogen) atoms. The van der Waals surface area contributed by atoms with Crippen LogP contribution in [0.3, 0.4) is 0 Å². The van der Waals surface area contributed by atoms with E-state index in [9.17, 15) is 4.79 Å². The molecule has 136 valence electrons. The Balaban J connectivity index is 1.39. The molecule has 1 saturated carbocycles. The van der Waals surface area contributed by atoms with Gasteiger partial charge in [0.1, 0.15) is 4.83 Å². The fraction of sp³-hybridized carbons (Fsp3) is 0.400. The van der Waals surface area contributed by atoms with Gasteiger partial charge in [-0.05, 0) is 50.3 Å². The van der Waals surface area contributed by atoms with Gasteiger partial charge >= 0.3 is 0 Å². The number of rotatable bonds is 8.